The SMILES string of the molecule is CCCCn1c(N)c(N(C)CC(C)(C)O)c(=O)[nH]c1=O. The average molecular weight is 284 g/mol. The van der Waals surface area contributed by atoms with Gasteiger partial charge in [0.1, 0.15) is 11.5 Å². The molecule has 0 atom stereocenters. The van der Waals surface area contributed by atoms with Crippen LogP contribution in [0.25, 0.3) is 0 Å². The molecule has 1 aromatic heterocycles. The van der Waals surface area contributed by atoms with Gasteiger partial charge >= 0.3 is 5.69 Å². The fourth-order valence-corrected chi connectivity index (χ4v) is 2.14. The summed E-state index contributed by atoms with van der Waals surface area (Å²) < 4.78 is 1.36. The maximum Gasteiger partial charge on any atom is 0.330 e. The predicted octanol–water partition coefficient (Wildman–Crippen LogP) is 0.126. The van der Waals surface area contributed by atoms with E-state index in [0.717, 1.165) is 12.8 Å². The molecule has 20 heavy (non-hydrogen) atoms. The molecular weight excluding hydrogens is 260 g/mol. The molecule has 0 aromatic carbocycles. The normalized spacial score (nSPS) is 11.7. The van der Waals surface area contributed by atoms with Gasteiger partial charge in [-0.25, -0.2) is 4.79 Å². The molecule has 7 nitrogen and oxygen atoms in total. The Morgan fingerprint density at radius 1 is 1.40 bits per heavy atom. The molecule has 4 N–H and O–H groups in total. The summed E-state index contributed by atoms with van der Waals surface area (Å²) in [4.78, 5) is 27.6. The van der Waals surface area contributed by atoms with Crippen molar-refractivity contribution in [1.29, 1.82) is 0 Å². The van der Waals surface area contributed by atoms with E-state index in [2.05, 4.69) is 4.98 Å². The Bertz CT molecular complexity index is 568. The minimum absolute atomic E-state index is 0.138. The summed E-state index contributed by atoms with van der Waals surface area (Å²) in [5.74, 6) is 0.138. The van der Waals surface area contributed by atoms with Crippen LogP contribution < -0.4 is 21.9 Å². The van der Waals surface area contributed by atoms with Crippen molar-refractivity contribution in [2.45, 2.75) is 45.8 Å². The third-order valence-corrected chi connectivity index (χ3v) is 2.96. The lowest BCUT2D eigenvalue weighted by Gasteiger charge is -2.27. The highest BCUT2D eigenvalue weighted by atomic mass is 16.3. The molecule has 0 aliphatic carbocycles. The first-order valence-electron chi connectivity index (χ1n) is 6.73. The maximum atomic E-state index is 11.9. The molecule has 1 aromatic rings. The van der Waals surface area contributed by atoms with Gasteiger partial charge in [0.25, 0.3) is 5.56 Å². The van der Waals surface area contributed by atoms with Gasteiger partial charge in [-0.15, -0.1) is 0 Å². The zero-order valence-corrected chi connectivity index (χ0v) is 12.6. The molecule has 114 valence electrons. The summed E-state index contributed by atoms with van der Waals surface area (Å²) in [6.07, 6.45) is 1.71. The van der Waals surface area contributed by atoms with Gasteiger partial charge in [0.15, 0.2) is 0 Å². The maximum absolute atomic E-state index is 11.9. The summed E-state index contributed by atoms with van der Waals surface area (Å²) >= 11 is 0. The van der Waals surface area contributed by atoms with E-state index in [1.807, 2.05) is 6.92 Å². The molecule has 1 rings (SSSR count). The molecular formula is C13H24N4O3. The van der Waals surface area contributed by atoms with E-state index in [-0.39, 0.29) is 18.1 Å². The Hall–Kier alpha value is -1.76. The molecule has 0 unspecified atom stereocenters. The van der Waals surface area contributed by atoms with Gasteiger partial charge in [-0.3, -0.25) is 14.3 Å². The highest BCUT2D eigenvalue weighted by molar-refractivity contribution is 5.62. The molecule has 0 bridgehead atoms. The minimum Gasteiger partial charge on any atom is -0.389 e. The summed E-state index contributed by atoms with van der Waals surface area (Å²) in [5, 5.41) is 9.83. The van der Waals surface area contributed by atoms with Crippen molar-refractivity contribution in [3.05, 3.63) is 20.8 Å². The number of hydrogen-bond donors (Lipinski definition) is 3. The van der Waals surface area contributed by atoms with Crippen LogP contribution in [-0.2, 0) is 6.54 Å². The fourth-order valence-electron chi connectivity index (χ4n) is 2.14. The molecule has 1 heterocycles. The van der Waals surface area contributed by atoms with Crippen molar-refractivity contribution in [2.75, 3.05) is 24.2 Å². The van der Waals surface area contributed by atoms with Gasteiger partial charge in [-0.05, 0) is 20.3 Å². The Kier molecular flexibility index (Phi) is 4.99. The molecule has 0 fully saturated rings. The summed E-state index contributed by atoms with van der Waals surface area (Å²) in [5.41, 5.74) is 4.17. The van der Waals surface area contributed by atoms with Gasteiger partial charge < -0.3 is 15.7 Å². The number of unbranched alkanes of at least 4 members (excludes halogenated alkanes) is 1. The van der Waals surface area contributed by atoms with Gasteiger partial charge in [-0.1, -0.05) is 13.3 Å². The van der Waals surface area contributed by atoms with Crippen LogP contribution >= 0.6 is 0 Å². The Labute approximate surface area is 118 Å². The monoisotopic (exact) mass is 284 g/mol. The number of H-pyrrole nitrogens is 1. The van der Waals surface area contributed by atoms with Crippen LogP contribution in [0.1, 0.15) is 33.6 Å². The third kappa shape index (κ3) is 3.86. The topological polar surface area (TPSA) is 104 Å². The van der Waals surface area contributed by atoms with Crippen molar-refractivity contribution < 1.29 is 5.11 Å². The number of aromatic nitrogens is 2. The molecule has 0 radical (unpaired) electrons. The fraction of sp³-hybridized carbons (Fsp3) is 0.692. The Morgan fingerprint density at radius 2 is 2.00 bits per heavy atom. The van der Waals surface area contributed by atoms with E-state index >= 15 is 0 Å². The zero-order valence-electron chi connectivity index (χ0n) is 12.6. The quantitative estimate of drug-likeness (QED) is 0.688. The van der Waals surface area contributed by atoms with E-state index in [1.165, 1.54) is 4.57 Å². The van der Waals surface area contributed by atoms with Crippen LogP contribution in [0.15, 0.2) is 9.59 Å². The van der Waals surface area contributed by atoms with Crippen molar-refractivity contribution in [1.82, 2.24) is 9.55 Å². The first-order valence-corrected chi connectivity index (χ1v) is 6.73. The molecule has 0 spiro atoms. The number of aliphatic hydroxyl groups is 1. The van der Waals surface area contributed by atoms with E-state index in [4.69, 9.17) is 5.73 Å². The lowest BCUT2D eigenvalue weighted by atomic mass is 10.1. The molecule has 0 aliphatic rings. The van der Waals surface area contributed by atoms with Crippen molar-refractivity contribution in [2.24, 2.45) is 0 Å². The zero-order chi connectivity index (χ0) is 15.5. The summed E-state index contributed by atoms with van der Waals surface area (Å²) in [7, 11) is 1.66. The first kappa shape index (κ1) is 16.3. The number of nitrogens with one attached hydrogen (secondary N) is 1. The Balaban J connectivity index is 3.26. The minimum atomic E-state index is -0.974. The smallest absolute Gasteiger partial charge is 0.330 e. The predicted molar refractivity (Wildman–Crippen MR) is 80.2 cm³/mol. The second kappa shape index (κ2) is 6.13. The van der Waals surface area contributed by atoms with Crippen LogP contribution in [-0.4, -0.2) is 33.9 Å². The molecule has 0 saturated heterocycles. The third-order valence-electron chi connectivity index (χ3n) is 2.96. The highest BCUT2D eigenvalue weighted by Crippen LogP contribution is 2.17. The summed E-state index contributed by atoms with van der Waals surface area (Å²) in [6.45, 7) is 5.98. The Morgan fingerprint density at radius 3 is 2.50 bits per heavy atom. The van der Waals surface area contributed by atoms with Crippen LogP contribution in [0.4, 0.5) is 11.5 Å². The molecule has 0 aliphatic heterocycles. The van der Waals surface area contributed by atoms with Gasteiger partial charge in [0, 0.05) is 20.1 Å². The number of nitrogens with two attached hydrogens (primary N) is 1. The number of anilines is 2. The molecule has 7 heteroatoms. The van der Waals surface area contributed by atoms with Gasteiger partial charge in [0.05, 0.1) is 5.60 Å². The van der Waals surface area contributed by atoms with E-state index in [1.54, 1.807) is 25.8 Å². The van der Waals surface area contributed by atoms with Crippen LogP contribution in [0.2, 0.25) is 0 Å². The second-order valence-corrected chi connectivity index (χ2v) is 5.67. The largest absolute Gasteiger partial charge is 0.389 e. The van der Waals surface area contributed by atoms with Crippen LogP contribution in [0, 0.1) is 0 Å². The standard InChI is InChI=1S/C13H24N4O3/c1-5-6-7-17-10(14)9(11(18)15-12(17)19)16(4)8-13(2,3)20/h20H,5-8,14H2,1-4H3,(H,15,18,19). The van der Waals surface area contributed by atoms with Crippen LogP contribution in [0.5, 0.6) is 0 Å². The number of likely N-dealkylation sites (N-methyl/N-ethyl adjacent to an activating group) is 1. The van der Waals surface area contributed by atoms with Crippen LogP contribution in [0.3, 0.4) is 0 Å². The lowest BCUT2D eigenvalue weighted by Crippen LogP contribution is -2.42. The number of aromatic amines is 1. The van der Waals surface area contributed by atoms with E-state index in [0.29, 0.717) is 6.54 Å². The number of nitrogen functional groups attached to an aromatic ring is 1. The van der Waals surface area contributed by atoms with E-state index < -0.39 is 16.9 Å². The number of rotatable bonds is 6. The van der Waals surface area contributed by atoms with Crippen molar-refractivity contribution in [3.8, 4) is 0 Å². The van der Waals surface area contributed by atoms with Crippen molar-refractivity contribution in [3.63, 3.8) is 0 Å². The molecule has 0 saturated carbocycles. The lowest BCUT2D eigenvalue weighted by molar-refractivity contribution is 0.0886. The van der Waals surface area contributed by atoms with E-state index in [9.17, 15) is 14.7 Å². The molecule has 0 amide bonds. The second-order valence-electron chi connectivity index (χ2n) is 5.67. The highest BCUT2D eigenvalue weighted by Gasteiger charge is 2.21. The average Bonchev–Trinajstić information content (AvgIpc) is 2.25. The summed E-state index contributed by atoms with van der Waals surface area (Å²) in [6, 6.07) is 0. The van der Waals surface area contributed by atoms with Crippen molar-refractivity contribution >= 4 is 11.5 Å². The van der Waals surface area contributed by atoms with Gasteiger partial charge in [0.2, 0.25) is 0 Å². The number of hydrogen-bond acceptors (Lipinski definition) is 5. The van der Waals surface area contributed by atoms with Gasteiger partial charge in [-0.2, -0.15) is 0 Å². The number of nitrogens with zero attached hydrogens (tertiary/aromatic N) is 2. The first-order chi connectivity index (χ1) is 9.17.